The number of rotatable bonds is 9. The number of aliphatic hydroxyl groups is 1. The standard InChI is InChI=1S/C25H32O5/c1-27-22-14-12-21(13-15-22)17-29-19-25-24(26)11-7-3-6-10-23(30-25)18-28-16-20-8-4-2-5-9-20/h2,4-5,7-9,11-15,23-26H,3,6,10,16-19H2,1H3/b11-7-/t23-,24+,25-/m0/s1. The molecule has 0 saturated heterocycles. The average molecular weight is 413 g/mol. The molecule has 162 valence electrons. The fraction of sp³-hybridized carbons (Fsp3) is 0.440. The quantitative estimate of drug-likeness (QED) is 0.623. The summed E-state index contributed by atoms with van der Waals surface area (Å²) in [6.45, 7) is 1.82. The normalized spacial score (nSPS) is 23.2. The molecule has 0 bridgehead atoms. The van der Waals surface area contributed by atoms with Crippen LogP contribution in [0.5, 0.6) is 5.75 Å². The summed E-state index contributed by atoms with van der Waals surface area (Å²) in [6, 6.07) is 17.9. The molecule has 2 aromatic carbocycles. The van der Waals surface area contributed by atoms with E-state index in [2.05, 4.69) is 0 Å². The van der Waals surface area contributed by atoms with Crippen LogP contribution in [-0.4, -0.2) is 43.7 Å². The highest BCUT2D eigenvalue weighted by Crippen LogP contribution is 2.17. The van der Waals surface area contributed by atoms with Crippen LogP contribution in [0.1, 0.15) is 30.4 Å². The first-order valence-electron chi connectivity index (χ1n) is 10.6. The van der Waals surface area contributed by atoms with Crippen LogP contribution in [0.25, 0.3) is 0 Å². The van der Waals surface area contributed by atoms with E-state index in [0.717, 1.165) is 36.1 Å². The second-order valence-electron chi connectivity index (χ2n) is 7.51. The van der Waals surface area contributed by atoms with Crippen LogP contribution < -0.4 is 4.74 Å². The number of benzene rings is 2. The first-order valence-corrected chi connectivity index (χ1v) is 10.6. The summed E-state index contributed by atoms with van der Waals surface area (Å²) in [5, 5.41) is 10.5. The van der Waals surface area contributed by atoms with Crippen LogP contribution in [0.2, 0.25) is 0 Å². The summed E-state index contributed by atoms with van der Waals surface area (Å²) in [4.78, 5) is 0. The third-order valence-electron chi connectivity index (χ3n) is 5.10. The highest BCUT2D eigenvalue weighted by atomic mass is 16.6. The molecule has 0 amide bonds. The third-order valence-corrected chi connectivity index (χ3v) is 5.10. The Morgan fingerprint density at radius 1 is 0.933 bits per heavy atom. The van der Waals surface area contributed by atoms with E-state index in [1.165, 1.54) is 0 Å². The summed E-state index contributed by atoms with van der Waals surface area (Å²) in [7, 11) is 1.65. The van der Waals surface area contributed by atoms with Crippen molar-refractivity contribution in [3.05, 3.63) is 77.9 Å². The highest BCUT2D eigenvalue weighted by molar-refractivity contribution is 5.26. The molecule has 2 aromatic rings. The molecule has 3 rings (SSSR count). The molecule has 3 atom stereocenters. The largest absolute Gasteiger partial charge is 0.497 e. The lowest BCUT2D eigenvalue weighted by Gasteiger charge is -2.26. The van der Waals surface area contributed by atoms with Gasteiger partial charge >= 0.3 is 0 Å². The SMILES string of the molecule is COc1ccc(COC[C@@H]2O[C@H](COCc3ccccc3)CCC/C=C\[C@H]2O)cc1. The van der Waals surface area contributed by atoms with Gasteiger partial charge in [0.2, 0.25) is 0 Å². The summed E-state index contributed by atoms with van der Waals surface area (Å²) >= 11 is 0. The minimum Gasteiger partial charge on any atom is -0.497 e. The van der Waals surface area contributed by atoms with Gasteiger partial charge in [-0.2, -0.15) is 0 Å². The molecule has 5 heteroatoms. The lowest BCUT2D eigenvalue weighted by Crippen LogP contribution is -2.37. The van der Waals surface area contributed by atoms with Gasteiger partial charge in [-0.25, -0.2) is 0 Å². The maximum absolute atomic E-state index is 10.5. The predicted octanol–water partition coefficient (Wildman–Crippen LogP) is 4.28. The van der Waals surface area contributed by atoms with Crippen LogP contribution in [0.4, 0.5) is 0 Å². The third kappa shape index (κ3) is 7.58. The monoisotopic (exact) mass is 412 g/mol. The molecule has 1 heterocycles. The van der Waals surface area contributed by atoms with Gasteiger partial charge in [-0.05, 0) is 42.5 Å². The molecule has 0 fully saturated rings. The molecular formula is C25H32O5. The zero-order valence-electron chi connectivity index (χ0n) is 17.6. The van der Waals surface area contributed by atoms with E-state index in [0.29, 0.717) is 26.4 Å². The van der Waals surface area contributed by atoms with Crippen molar-refractivity contribution < 1.29 is 24.1 Å². The van der Waals surface area contributed by atoms with Gasteiger partial charge in [0.1, 0.15) is 18.0 Å². The van der Waals surface area contributed by atoms with Crippen molar-refractivity contribution in [1.29, 1.82) is 0 Å². The molecule has 0 aliphatic carbocycles. The Morgan fingerprint density at radius 2 is 1.63 bits per heavy atom. The maximum atomic E-state index is 10.5. The molecule has 0 spiro atoms. The Kier molecular flexibility index (Phi) is 9.38. The fourth-order valence-corrected chi connectivity index (χ4v) is 3.38. The van der Waals surface area contributed by atoms with Gasteiger partial charge in [0.25, 0.3) is 0 Å². The van der Waals surface area contributed by atoms with Crippen molar-refractivity contribution in [2.24, 2.45) is 0 Å². The second kappa shape index (κ2) is 12.5. The number of ether oxygens (including phenoxy) is 4. The van der Waals surface area contributed by atoms with E-state index in [-0.39, 0.29) is 6.10 Å². The van der Waals surface area contributed by atoms with Crippen molar-refractivity contribution in [3.8, 4) is 5.75 Å². The summed E-state index contributed by atoms with van der Waals surface area (Å²) in [6.07, 6.45) is 5.46. The number of aliphatic hydroxyl groups excluding tert-OH is 1. The molecule has 1 aliphatic rings. The molecule has 30 heavy (non-hydrogen) atoms. The van der Waals surface area contributed by atoms with E-state index in [4.69, 9.17) is 18.9 Å². The van der Waals surface area contributed by atoms with Crippen LogP contribution in [0, 0.1) is 0 Å². The van der Waals surface area contributed by atoms with Gasteiger partial charge in [0.05, 0.1) is 39.6 Å². The number of methoxy groups -OCH3 is 1. The average Bonchev–Trinajstić information content (AvgIpc) is 2.86. The number of hydrogen-bond donors (Lipinski definition) is 1. The van der Waals surface area contributed by atoms with E-state index < -0.39 is 12.2 Å². The molecule has 0 aromatic heterocycles. The van der Waals surface area contributed by atoms with Gasteiger partial charge in [-0.3, -0.25) is 0 Å². The molecular weight excluding hydrogens is 380 g/mol. The Balaban J connectivity index is 1.50. The predicted molar refractivity (Wildman–Crippen MR) is 116 cm³/mol. The Morgan fingerprint density at radius 3 is 2.37 bits per heavy atom. The van der Waals surface area contributed by atoms with E-state index in [1.54, 1.807) is 7.11 Å². The zero-order chi connectivity index (χ0) is 21.0. The summed E-state index contributed by atoms with van der Waals surface area (Å²) in [5.74, 6) is 0.817. The van der Waals surface area contributed by atoms with Gasteiger partial charge in [-0.15, -0.1) is 0 Å². The first-order chi connectivity index (χ1) is 14.7. The van der Waals surface area contributed by atoms with Gasteiger partial charge in [-0.1, -0.05) is 54.6 Å². The smallest absolute Gasteiger partial charge is 0.118 e. The lowest BCUT2D eigenvalue weighted by molar-refractivity contribution is -0.121. The molecule has 0 unspecified atom stereocenters. The summed E-state index contributed by atoms with van der Waals surface area (Å²) < 4.78 is 23.2. The van der Waals surface area contributed by atoms with Crippen LogP contribution >= 0.6 is 0 Å². The van der Waals surface area contributed by atoms with E-state index in [9.17, 15) is 5.11 Å². The van der Waals surface area contributed by atoms with Gasteiger partial charge < -0.3 is 24.1 Å². The molecule has 0 radical (unpaired) electrons. The Labute approximate surface area is 179 Å². The fourth-order valence-electron chi connectivity index (χ4n) is 3.38. The van der Waals surface area contributed by atoms with Gasteiger partial charge in [0, 0.05) is 0 Å². The Hall–Kier alpha value is -2.18. The molecule has 0 saturated carbocycles. The molecule has 1 N–H and O–H groups in total. The van der Waals surface area contributed by atoms with Crippen LogP contribution in [-0.2, 0) is 27.4 Å². The topological polar surface area (TPSA) is 57.2 Å². The van der Waals surface area contributed by atoms with Crippen LogP contribution in [0.15, 0.2) is 66.7 Å². The number of allylic oxidation sites excluding steroid dienone is 1. The molecule has 1 aliphatic heterocycles. The van der Waals surface area contributed by atoms with E-state index >= 15 is 0 Å². The first kappa shape index (κ1) is 22.5. The zero-order valence-corrected chi connectivity index (χ0v) is 17.6. The van der Waals surface area contributed by atoms with Crippen molar-refractivity contribution in [2.45, 2.75) is 50.8 Å². The maximum Gasteiger partial charge on any atom is 0.118 e. The minimum atomic E-state index is -0.699. The van der Waals surface area contributed by atoms with Crippen molar-refractivity contribution >= 4 is 0 Å². The minimum absolute atomic E-state index is 0.0714. The van der Waals surface area contributed by atoms with E-state index in [1.807, 2.05) is 66.7 Å². The van der Waals surface area contributed by atoms with Crippen molar-refractivity contribution in [2.75, 3.05) is 20.3 Å². The lowest BCUT2D eigenvalue weighted by atomic mass is 10.1. The van der Waals surface area contributed by atoms with Crippen molar-refractivity contribution in [1.82, 2.24) is 0 Å². The van der Waals surface area contributed by atoms with Gasteiger partial charge in [0.15, 0.2) is 0 Å². The Bertz CT molecular complexity index is 744. The molecule has 5 nitrogen and oxygen atoms in total. The van der Waals surface area contributed by atoms with Crippen LogP contribution in [0.3, 0.4) is 0 Å². The number of hydrogen-bond acceptors (Lipinski definition) is 5. The van der Waals surface area contributed by atoms with Crippen molar-refractivity contribution in [3.63, 3.8) is 0 Å². The second-order valence-corrected chi connectivity index (χ2v) is 7.51. The highest BCUT2D eigenvalue weighted by Gasteiger charge is 2.24. The summed E-state index contributed by atoms with van der Waals surface area (Å²) in [5.41, 5.74) is 2.19.